The molecule has 0 amide bonds. The van der Waals surface area contributed by atoms with E-state index < -0.39 is 5.97 Å². The summed E-state index contributed by atoms with van der Waals surface area (Å²) in [5.74, 6) is 1.76. The lowest BCUT2D eigenvalue weighted by Gasteiger charge is -2.57. The molecule has 3 heteroatoms. The maximum absolute atomic E-state index is 11.4. The highest BCUT2D eigenvalue weighted by molar-refractivity contribution is 5.86. The maximum atomic E-state index is 11.4. The first-order valence-corrected chi connectivity index (χ1v) is 7.07. The van der Waals surface area contributed by atoms with Crippen LogP contribution in [0.4, 0.5) is 0 Å². The molecule has 5 rings (SSSR count). The van der Waals surface area contributed by atoms with E-state index in [0.29, 0.717) is 5.69 Å². The fourth-order valence-electron chi connectivity index (χ4n) is 5.33. The molecule has 0 radical (unpaired) electrons. The number of aromatic carboxylic acids is 1. The number of carboxylic acids is 1. The van der Waals surface area contributed by atoms with Gasteiger partial charge in [0.1, 0.15) is 5.69 Å². The van der Waals surface area contributed by atoms with E-state index in [0.717, 1.165) is 17.8 Å². The quantitative estimate of drug-likeness (QED) is 0.869. The summed E-state index contributed by atoms with van der Waals surface area (Å²) >= 11 is 0. The van der Waals surface area contributed by atoms with Crippen LogP contribution in [0.1, 0.15) is 49.0 Å². The molecule has 0 atom stereocenters. The average Bonchev–Trinajstić information content (AvgIpc) is 2.76. The fraction of sp³-hybridized carbons (Fsp3) is 0.667. The van der Waals surface area contributed by atoms with E-state index in [1.807, 2.05) is 12.3 Å². The molecule has 0 spiro atoms. The maximum Gasteiger partial charge on any atom is 0.352 e. The normalized spacial score (nSPS) is 41.2. The molecule has 4 aliphatic carbocycles. The zero-order valence-electron chi connectivity index (χ0n) is 10.5. The molecule has 1 aromatic rings. The molecule has 0 saturated heterocycles. The van der Waals surface area contributed by atoms with Crippen molar-refractivity contribution in [3.05, 3.63) is 24.0 Å². The first kappa shape index (κ1) is 10.7. The summed E-state index contributed by atoms with van der Waals surface area (Å²) in [4.78, 5) is 11.4. The van der Waals surface area contributed by atoms with Crippen LogP contribution in [0.15, 0.2) is 18.3 Å². The van der Waals surface area contributed by atoms with Crippen LogP contribution in [-0.2, 0) is 5.54 Å². The Bertz CT molecular complexity index is 467. The molecular weight excluding hydrogens is 226 g/mol. The molecule has 0 aliphatic heterocycles. The molecule has 4 saturated carbocycles. The zero-order chi connectivity index (χ0) is 12.3. The van der Waals surface area contributed by atoms with E-state index in [4.69, 9.17) is 0 Å². The van der Waals surface area contributed by atoms with Crippen LogP contribution in [0.5, 0.6) is 0 Å². The topological polar surface area (TPSA) is 42.2 Å². The molecule has 96 valence electrons. The highest BCUT2D eigenvalue weighted by atomic mass is 16.4. The van der Waals surface area contributed by atoms with Crippen molar-refractivity contribution in [2.24, 2.45) is 17.8 Å². The van der Waals surface area contributed by atoms with Crippen LogP contribution in [0.2, 0.25) is 0 Å². The molecule has 1 heterocycles. The van der Waals surface area contributed by atoms with E-state index in [1.54, 1.807) is 6.07 Å². The predicted octanol–water partition coefficient (Wildman–Crippen LogP) is 3.11. The third-order valence-electron chi connectivity index (χ3n) is 5.48. The summed E-state index contributed by atoms with van der Waals surface area (Å²) < 4.78 is 2.10. The number of carbonyl (C=O) groups is 1. The van der Waals surface area contributed by atoms with Crippen LogP contribution in [0.25, 0.3) is 0 Å². The number of hydrogen-bond donors (Lipinski definition) is 1. The van der Waals surface area contributed by atoms with Gasteiger partial charge in [-0.05, 0) is 68.4 Å². The fourth-order valence-corrected chi connectivity index (χ4v) is 5.33. The predicted molar refractivity (Wildman–Crippen MR) is 67.5 cm³/mol. The Morgan fingerprint density at radius 3 is 2.22 bits per heavy atom. The lowest BCUT2D eigenvalue weighted by Crippen LogP contribution is -2.52. The summed E-state index contributed by atoms with van der Waals surface area (Å²) in [7, 11) is 0. The van der Waals surface area contributed by atoms with Gasteiger partial charge in [0.2, 0.25) is 0 Å². The first-order valence-electron chi connectivity index (χ1n) is 7.07. The van der Waals surface area contributed by atoms with E-state index in [1.165, 1.54) is 38.5 Å². The van der Waals surface area contributed by atoms with Gasteiger partial charge in [-0.1, -0.05) is 0 Å². The lowest BCUT2D eigenvalue weighted by molar-refractivity contribution is -0.0442. The Hall–Kier alpha value is -1.25. The molecule has 4 fully saturated rings. The monoisotopic (exact) mass is 245 g/mol. The summed E-state index contributed by atoms with van der Waals surface area (Å²) in [6.07, 6.45) is 9.78. The summed E-state index contributed by atoms with van der Waals surface area (Å²) in [5.41, 5.74) is 0.614. The summed E-state index contributed by atoms with van der Waals surface area (Å²) in [6.45, 7) is 0. The second kappa shape index (κ2) is 3.40. The highest BCUT2D eigenvalue weighted by Crippen LogP contribution is 2.59. The van der Waals surface area contributed by atoms with Gasteiger partial charge in [0, 0.05) is 11.7 Å². The Balaban J connectivity index is 1.79. The number of hydrogen-bond acceptors (Lipinski definition) is 1. The summed E-state index contributed by atoms with van der Waals surface area (Å²) in [6, 6.07) is 3.64. The first-order chi connectivity index (χ1) is 8.66. The van der Waals surface area contributed by atoms with Gasteiger partial charge in [0.25, 0.3) is 0 Å². The largest absolute Gasteiger partial charge is 0.477 e. The number of rotatable bonds is 2. The van der Waals surface area contributed by atoms with Crippen molar-refractivity contribution in [2.75, 3.05) is 0 Å². The Morgan fingerprint density at radius 1 is 1.17 bits per heavy atom. The van der Waals surface area contributed by atoms with E-state index in [-0.39, 0.29) is 5.54 Å². The van der Waals surface area contributed by atoms with Crippen molar-refractivity contribution in [3.63, 3.8) is 0 Å². The van der Waals surface area contributed by atoms with Crippen LogP contribution in [0, 0.1) is 17.8 Å². The minimum atomic E-state index is -0.782. The third kappa shape index (κ3) is 1.33. The molecule has 0 unspecified atom stereocenters. The van der Waals surface area contributed by atoms with Gasteiger partial charge in [-0.15, -0.1) is 0 Å². The standard InChI is InChI=1S/C15H19NO2/c17-14(18)13-2-1-3-16(13)15-7-10-4-11(8-15)6-12(5-10)9-15/h1-3,10-12H,4-9H2,(H,17,18). The lowest BCUT2D eigenvalue weighted by atomic mass is 9.53. The van der Waals surface area contributed by atoms with E-state index in [9.17, 15) is 9.90 Å². The van der Waals surface area contributed by atoms with Crippen LogP contribution >= 0.6 is 0 Å². The van der Waals surface area contributed by atoms with Crippen molar-refractivity contribution in [3.8, 4) is 0 Å². The van der Waals surface area contributed by atoms with Gasteiger partial charge in [0.05, 0.1) is 0 Å². The number of aromatic nitrogens is 1. The summed E-state index contributed by atoms with van der Waals surface area (Å²) in [5, 5.41) is 9.34. The minimum absolute atomic E-state index is 0.131. The molecular formula is C15H19NO2. The van der Waals surface area contributed by atoms with Crippen molar-refractivity contribution in [2.45, 2.75) is 44.1 Å². The Kier molecular flexibility index (Phi) is 2.01. The van der Waals surface area contributed by atoms with E-state index in [2.05, 4.69) is 4.57 Å². The Morgan fingerprint density at radius 2 is 1.72 bits per heavy atom. The number of nitrogens with zero attached hydrogens (tertiary/aromatic N) is 1. The molecule has 18 heavy (non-hydrogen) atoms. The molecule has 4 bridgehead atoms. The second-order valence-electron chi connectivity index (χ2n) is 6.71. The zero-order valence-corrected chi connectivity index (χ0v) is 10.5. The van der Waals surface area contributed by atoms with Crippen molar-refractivity contribution >= 4 is 5.97 Å². The van der Waals surface area contributed by atoms with Gasteiger partial charge in [0.15, 0.2) is 0 Å². The molecule has 0 aromatic carbocycles. The molecule has 3 nitrogen and oxygen atoms in total. The molecule has 1 N–H and O–H groups in total. The van der Waals surface area contributed by atoms with Crippen molar-refractivity contribution < 1.29 is 9.90 Å². The van der Waals surface area contributed by atoms with Gasteiger partial charge in [-0.3, -0.25) is 0 Å². The molecule has 4 aliphatic rings. The number of carboxylic acid groups (broad SMARTS) is 1. The van der Waals surface area contributed by atoms with Crippen LogP contribution in [0.3, 0.4) is 0 Å². The van der Waals surface area contributed by atoms with Crippen molar-refractivity contribution in [1.29, 1.82) is 0 Å². The third-order valence-corrected chi connectivity index (χ3v) is 5.48. The van der Waals surface area contributed by atoms with Gasteiger partial charge < -0.3 is 9.67 Å². The minimum Gasteiger partial charge on any atom is -0.477 e. The van der Waals surface area contributed by atoms with Crippen molar-refractivity contribution in [1.82, 2.24) is 4.57 Å². The van der Waals surface area contributed by atoms with Crippen LogP contribution in [-0.4, -0.2) is 15.6 Å². The highest BCUT2D eigenvalue weighted by Gasteiger charge is 2.52. The van der Waals surface area contributed by atoms with Gasteiger partial charge in [-0.25, -0.2) is 4.79 Å². The second-order valence-corrected chi connectivity index (χ2v) is 6.71. The smallest absolute Gasteiger partial charge is 0.352 e. The van der Waals surface area contributed by atoms with Crippen LogP contribution < -0.4 is 0 Å². The van der Waals surface area contributed by atoms with Gasteiger partial charge in [-0.2, -0.15) is 0 Å². The average molecular weight is 245 g/mol. The van der Waals surface area contributed by atoms with Gasteiger partial charge >= 0.3 is 5.97 Å². The molecule has 1 aromatic heterocycles. The Labute approximate surface area is 107 Å². The van der Waals surface area contributed by atoms with E-state index >= 15 is 0 Å². The SMILES string of the molecule is O=C(O)c1cccn1C12CC3CC(CC(C3)C1)C2.